The van der Waals surface area contributed by atoms with Gasteiger partial charge < -0.3 is 10.4 Å². The van der Waals surface area contributed by atoms with Crippen molar-refractivity contribution in [3.8, 4) is 11.8 Å². The minimum absolute atomic E-state index is 0.0452. The standard InChI is InChI=1S/C16H21NO3S/c1-12-10-15(8-7-14(12)6-4-5-9-18)16(19)17-11-13(2)21(3)20/h7-8,10,13,18H,5,9,11H2,1-3H3,(H,17,19). The summed E-state index contributed by atoms with van der Waals surface area (Å²) < 4.78 is 11.2. The highest BCUT2D eigenvalue weighted by Gasteiger charge is 2.10. The van der Waals surface area contributed by atoms with Crippen LogP contribution in [-0.4, -0.2) is 39.9 Å². The lowest BCUT2D eigenvalue weighted by atomic mass is 10.0. The molecule has 0 aromatic heterocycles. The van der Waals surface area contributed by atoms with Gasteiger partial charge in [0.25, 0.3) is 5.91 Å². The van der Waals surface area contributed by atoms with E-state index in [4.69, 9.17) is 5.11 Å². The van der Waals surface area contributed by atoms with E-state index in [2.05, 4.69) is 17.2 Å². The molecule has 0 radical (unpaired) electrons. The number of rotatable bonds is 5. The van der Waals surface area contributed by atoms with Crippen LogP contribution in [0.25, 0.3) is 0 Å². The third-order valence-electron chi connectivity index (χ3n) is 3.07. The van der Waals surface area contributed by atoms with Gasteiger partial charge in [-0.3, -0.25) is 9.00 Å². The van der Waals surface area contributed by atoms with Crippen molar-refractivity contribution in [2.75, 3.05) is 19.4 Å². The molecular weight excluding hydrogens is 286 g/mol. The molecule has 1 rings (SSSR count). The molecule has 0 saturated carbocycles. The number of aliphatic hydroxyl groups excluding tert-OH is 1. The van der Waals surface area contributed by atoms with Gasteiger partial charge in [-0.1, -0.05) is 11.8 Å². The number of aryl methyl sites for hydroxylation is 1. The van der Waals surface area contributed by atoms with E-state index in [1.54, 1.807) is 24.5 Å². The molecule has 0 fully saturated rings. The lowest BCUT2D eigenvalue weighted by Gasteiger charge is -2.10. The minimum atomic E-state index is -0.949. The van der Waals surface area contributed by atoms with Gasteiger partial charge in [-0.25, -0.2) is 0 Å². The largest absolute Gasteiger partial charge is 0.395 e. The molecule has 2 atom stereocenters. The molecule has 0 heterocycles. The first-order valence-corrected chi connectivity index (χ1v) is 8.38. The van der Waals surface area contributed by atoms with Gasteiger partial charge in [0.2, 0.25) is 0 Å². The summed E-state index contributed by atoms with van der Waals surface area (Å²) in [6, 6.07) is 5.31. The van der Waals surface area contributed by atoms with Crippen molar-refractivity contribution in [2.45, 2.75) is 25.5 Å². The van der Waals surface area contributed by atoms with E-state index < -0.39 is 10.8 Å². The van der Waals surface area contributed by atoms with Crippen molar-refractivity contribution in [3.63, 3.8) is 0 Å². The average molecular weight is 307 g/mol. The smallest absolute Gasteiger partial charge is 0.251 e. The van der Waals surface area contributed by atoms with Crippen LogP contribution < -0.4 is 5.32 Å². The molecule has 1 aromatic rings. The van der Waals surface area contributed by atoms with E-state index in [0.717, 1.165) is 11.1 Å². The zero-order valence-corrected chi connectivity index (χ0v) is 13.4. The first kappa shape index (κ1) is 17.4. The van der Waals surface area contributed by atoms with Crippen LogP contribution in [0, 0.1) is 18.8 Å². The Morgan fingerprint density at radius 2 is 2.19 bits per heavy atom. The van der Waals surface area contributed by atoms with E-state index in [1.165, 1.54) is 0 Å². The van der Waals surface area contributed by atoms with Crippen LogP contribution in [0.2, 0.25) is 0 Å². The second-order valence-electron chi connectivity index (χ2n) is 4.82. The molecule has 0 aliphatic rings. The number of carbonyl (C=O) groups excluding carboxylic acids is 1. The lowest BCUT2D eigenvalue weighted by molar-refractivity contribution is 0.0954. The van der Waals surface area contributed by atoms with Gasteiger partial charge in [-0.05, 0) is 37.6 Å². The fourth-order valence-corrected chi connectivity index (χ4v) is 1.93. The molecule has 0 bridgehead atoms. The minimum Gasteiger partial charge on any atom is -0.395 e. The molecule has 5 heteroatoms. The zero-order chi connectivity index (χ0) is 15.8. The maximum absolute atomic E-state index is 12.0. The Hall–Kier alpha value is -1.64. The van der Waals surface area contributed by atoms with E-state index in [9.17, 15) is 9.00 Å². The van der Waals surface area contributed by atoms with Gasteiger partial charge in [-0.15, -0.1) is 0 Å². The Labute approximate surface area is 128 Å². The first-order valence-electron chi connectivity index (χ1n) is 6.76. The molecule has 1 amide bonds. The van der Waals surface area contributed by atoms with Gasteiger partial charge in [0.05, 0.1) is 6.61 Å². The third-order valence-corrected chi connectivity index (χ3v) is 4.37. The molecule has 0 saturated heterocycles. The highest BCUT2D eigenvalue weighted by molar-refractivity contribution is 7.84. The SMILES string of the molecule is Cc1cc(C(=O)NCC(C)S(C)=O)ccc1C#CCCO. The van der Waals surface area contributed by atoms with Gasteiger partial charge >= 0.3 is 0 Å². The molecule has 2 unspecified atom stereocenters. The van der Waals surface area contributed by atoms with Gasteiger partial charge in [0.15, 0.2) is 0 Å². The van der Waals surface area contributed by atoms with Crippen LogP contribution >= 0.6 is 0 Å². The number of aliphatic hydroxyl groups is 1. The van der Waals surface area contributed by atoms with Gasteiger partial charge in [0, 0.05) is 46.4 Å². The van der Waals surface area contributed by atoms with Crippen molar-refractivity contribution in [1.29, 1.82) is 0 Å². The number of hydrogen-bond donors (Lipinski definition) is 2. The molecule has 0 aliphatic heterocycles. The Morgan fingerprint density at radius 1 is 1.48 bits per heavy atom. The monoisotopic (exact) mass is 307 g/mol. The molecular formula is C16H21NO3S. The first-order chi connectivity index (χ1) is 9.95. The summed E-state index contributed by atoms with van der Waals surface area (Å²) in [5.74, 6) is 5.65. The van der Waals surface area contributed by atoms with Crippen molar-refractivity contribution < 1.29 is 14.1 Å². The molecule has 114 valence electrons. The Kier molecular flexibility index (Phi) is 7.13. The normalized spacial score (nSPS) is 13.0. The maximum atomic E-state index is 12.0. The Balaban J connectivity index is 2.73. The molecule has 0 spiro atoms. The fraction of sp³-hybridized carbons (Fsp3) is 0.438. The highest BCUT2D eigenvalue weighted by Crippen LogP contribution is 2.10. The van der Waals surface area contributed by atoms with Crippen molar-refractivity contribution >= 4 is 16.7 Å². The Bertz CT molecular complexity index is 587. The second-order valence-corrected chi connectivity index (χ2v) is 6.63. The highest BCUT2D eigenvalue weighted by atomic mass is 32.2. The van der Waals surface area contributed by atoms with Crippen LogP contribution in [0.15, 0.2) is 18.2 Å². The molecule has 2 N–H and O–H groups in total. The summed E-state index contributed by atoms with van der Waals surface area (Å²) in [5, 5.41) is 11.4. The third kappa shape index (κ3) is 5.70. The molecule has 0 aliphatic carbocycles. The van der Waals surface area contributed by atoms with Crippen LogP contribution in [0.4, 0.5) is 0 Å². The van der Waals surface area contributed by atoms with Crippen LogP contribution in [0.1, 0.15) is 34.8 Å². The number of hydrogen-bond acceptors (Lipinski definition) is 3. The number of benzene rings is 1. The van der Waals surface area contributed by atoms with Gasteiger partial charge in [-0.2, -0.15) is 0 Å². The van der Waals surface area contributed by atoms with Crippen LogP contribution in [0.5, 0.6) is 0 Å². The number of nitrogens with one attached hydrogen (secondary N) is 1. The predicted molar refractivity (Wildman–Crippen MR) is 85.6 cm³/mol. The lowest BCUT2D eigenvalue weighted by Crippen LogP contribution is -2.32. The number of amides is 1. The topological polar surface area (TPSA) is 66.4 Å². The molecule has 1 aromatic carbocycles. The summed E-state index contributed by atoms with van der Waals surface area (Å²) in [7, 11) is -0.949. The summed E-state index contributed by atoms with van der Waals surface area (Å²) >= 11 is 0. The van der Waals surface area contributed by atoms with E-state index in [0.29, 0.717) is 18.5 Å². The maximum Gasteiger partial charge on any atom is 0.251 e. The van der Waals surface area contributed by atoms with Crippen LogP contribution in [-0.2, 0) is 10.8 Å². The fourth-order valence-electron chi connectivity index (χ4n) is 1.61. The van der Waals surface area contributed by atoms with Gasteiger partial charge in [0.1, 0.15) is 0 Å². The number of carbonyl (C=O) groups is 1. The average Bonchev–Trinajstić information content (AvgIpc) is 2.46. The summed E-state index contributed by atoms with van der Waals surface area (Å²) in [4.78, 5) is 12.0. The van der Waals surface area contributed by atoms with E-state index in [-0.39, 0.29) is 17.8 Å². The Morgan fingerprint density at radius 3 is 2.76 bits per heavy atom. The van der Waals surface area contributed by atoms with E-state index >= 15 is 0 Å². The summed E-state index contributed by atoms with van der Waals surface area (Å²) in [6.45, 7) is 4.16. The molecule has 21 heavy (non-hydrogen) atoms. The predicted octanol–water partition coefficient (Wildman–Crippen LogP) is 1.23. The van der Waals surface area contributed by atoms with Crippen LogP contribution in [0.3, 0.4) is 0 Å². The van der Waals surface area contributed by atoms with Crippen molar-refractivity contribution in [1.82, 2.24) is 5.32 Å². The second kappa shape index (κ2) is 8.60. The quantitative estimate of drug-likeness (QED) is 0.804. The summed E-state index contributed by atoms with van der Waals surface area (Å²) in [5.41, 5.74) is 2.33. The van der Waals surface area contributed by atoms with Crippen molar-refractivity contribution in [2.24, 2.45) is 0 Å². The zero-order valence-electron chi connectivity index (χ0n) is 12.6. The summed E-state index contributed by atoms with van der Waals surface area (Å²) in [6.07, 6.45) is 2.06. The molecule has 4 nitrogen and oxygen atoms in total. The van der Waals surface area contributed by atoms with E-state index in [1.807, 2.05) is 13.8 Å². The van der Waals surface area contributed by atoms with Crippen molar-refractivity contribution in [3.05, 3.63) is 34.9 Å².